The van der Waals surface area contributed by atoms with E-state index in [0.29, 0.717) is 33.2 Å². The molecule has 5 nitrogen and oxygen atoms in total. The lowest BCUT2D eigenvalue weighted by Crippen LogP contribution is -2.26. The largest absolute Gasteiger partial charge is 0.483 e. The van der Waals surface area contributed by atoms with Gasteiger partial charge in [0, 0.05) is 19.2 Å². The molecule has 1 aliphatic rings. The van der Waals surface area contributed by atoms with Crippen molar-refractivity contribution in [3.05, 3.63) is 70.3 Å². The van der Waals surface area contributed by atoms with Crippen LogP contribution >= 0.6 is 0 Å². The molecule has 5 rings (SSSR count). The lowest BCUT2D eigenvalue weighted by Gasteiger charge is -2.18. The van der Waals surface area contributed by atoms with E-state index in [0.717, 1.165) is 0 Å². The normalized spacial score (nSPS) is 16.2. The molecule has 1 atom stereocenters. The fraction of sp³-hybridized carbons (Fsp3) is 0.158. The van der Waals surface area contributed by atoms with Gasteiger partial charge < -0.3 is 4.74 Å². The number of imidazole rings is 1. The van der Waals surface area contributed by atoms with Crippen molar-refractivity contribution in [1.82, 2.24) is 14.1 Å². The second-order valence-electron chi connectivity index (χ2n) is 6.40. The van der Waals surface area contributed by atoms with Crippen LogP contribution in [0.5, 0.6) is 5.75 Å². The van der Waals surface area contributed by atoms with Crippen LogP contribution in [0.4, 0.5) is 8.78 Å². The van der Waals surface area contributed by atoms with E-state index >= 15 is 0 Å². The molecule has 0 N–H and O–H groups in total. The van der Waals surface area contributed by atoms with Gasteiger partial charge in [-0.3, -0.25) is 14.1 Å². The lowest BCUT2D eigenvalue weighted by molar-refractivity contribution is 0.188. The monoisotopic (exact) mass is 353 g/mol. The molecule has 26 heavy (non-hydrogen) atoms. The summed E-state index contributed by atoms with van der Waals surface area (Å²) in [6.45, 7) is 0.233. The van der Waals surface area contributed by atoms with Gasteiger partial charge in [-0.2, -0.15) is 0 Å². The van der Waals surface area contributed by atoms with Gasteiger partial charge in [0.05, 0.1) is 34.7 Å². The van der Waals surface area contributed by atoms with Crippen LogP contribution in [0.25, 0.3) is 21.9 Å². The highest BCUT2D eigenvalue weighted by atomic mass is 19.1. The van der Waals surface area contributed by atoms with Crippen LogP contribution in [-0.2, 0) is 13.6 Å². The molecule has 0 amide bonds. The highest BCUT2D eigenvalue weighted by Gasteiger charge is 2.27. The van der Waals surface area contributed by atoms with Crippen molar-refractivity contribution in [2.75, 3.05) is 0 Å². The van der Waals surface area contributed by atoms with E-state index in [1.807, 2.05) is 0 Å². The summed E-state index contributed by atoms with van der Waals surface area (Å²) in [5.41, 5.74) is 2.24. The minimum atomic E-state index is -0.559. The molecule has 0 radical (unpaired) electrons. The Morgan fingerprint density at radius 1 is 1.15 bits per heavy atom. The van der Waals surface area contributed by atoms with E-state index in [4.69, 9.17) is 4.74 Å². The molecule has 130 valence electrons. The summed E-state index contributed by atoms with van der Waals surface area (Å²) < 4.78 is 36.5. The number of pyridine rings is 1. The van der Waals surface area contributed by atoms with E-state index in [-0.39, 0.29) is 18.1 Å². The van der Waals surface area contributed by atoms with E-state index in [1.165, 1.54) is 28.8 Å². The molecule has 0 saturated carbocycles. The summed E-state index contributed by atoms with van der Waals surface area (Å²) in [6.07, 6.45) is 1.01. The average molecular weight is 353 g/mol. The Balaban J connectivity index is 1.85. The molecule has 0 bridgehead atoms. The Hall–Kier alpha value is -3.22. The molecule has 0 fully saturated rings. The number of aromatic nitrogens is 3. The molecule has 1 unspecified atom stereocenters. The predicted molar refractivity (Wildman–Crippen MR) is 92.2 cm³/mol. The highest BCUT2D eigenvalue weighted by Crippen LogP contribution is 2.38. The zero-order chi connectivity index (χ0) is 18.0. The predicted octanol–water partition coefficient (Wildman–Crippen LogP) is 3.30. The second-order valence-corrected chi connectivity index (χ2v) is 6.40. The average Bonchev–Trinajstić information content (AvgIpc) is 2.77. The van der Waals surface area contributed by atoms with Crippen molar-refractivity contribution in [2.24, 2.45) is 7.05 Å². The summed E-state index contributed by atoms with van der Waals surface area (Å²) in [5, 5.41) is 0.603. The van der Waals surface area contributed by atoms with Gasteiger partial charge in [-0.15, -0.1) is 0 Å². The van der Waals surface area contributed by atoms with Crippen LogP contribution in [0.2, 0.25) is 0 Å². The maximum atomic E-state index is 14.1. The highest BCUT2D eigenvalue weighted by molar-refractivity contribution is 6.06. The summed E-state index contributed by atoms with van der Waals surface area (Å²) in [6, 6.07) is 8.51. The smallest absolute Gasteiger partial charge is 0.329 e. The van der Waals surface area contributed by atoms with Crippen LogP contribution in [0, 0.1) is 11.6 Å². The Kier molecular flexibility index (Phi) is 2.98. The fourth-order valence-electron chi connectivity index (χ4n) is 3.60. The third-order valence-electron chi connectivity index (χ3n) is 4.86. The standard InChI is InChI=1S/C19H13F2N3O2/c1-23-14-8-22-13-6-12(21)7-15-17(13)18(14)24(19(23)25)9-16(26-15)10-2-4-11(20)5-3-10/h2-8,16H,9H2,1H3. The molecule has 0 spiro atoms. The van der Waals surface area contributed by atoms with Gasteiger partial charge in [0.15, 0.2) is 0 Å². The maximum Gasteiger partial charge on any atom is 0.329 e. The van der Waals surface area contributed by atoms with Crippen molar-refractivity contribution in [3.8, 4) is 5.75 Å². The number of hydrogen-bond donors (Lipinski definition) is 0. The second kappa shape index (κ2) is 5.14. The summed E-state index contributed by atoms with van der Waals surface area (Å²) >= 11 is 0. The molecule has 0 aliphatic carbocycles. The molecular weight excluding hydrogens is 340 g/mol. The Morgan fingerprint density at radius 3 is 2.69 bits per heavy atom. The SMILES string of the molecule is Cn1c(=O)n2c3c4c(cc(F)cc4ncc31)OC(c1ccc(F)cc1)C2. The molecule has 3 heterocycles. The first-order valence-electron chi connectivity index (χ1n) is 8.12. The summed E-state index contributed by atoms with van der Waals surface area (Å²) in [5.74, 6) is -0.504. The minimum absolute atomic E-state index is 0.206. The third kappa shape index (κ3) is 2.00. The van der Waals surface area contributed by atoms with Gasteiger partial charge >= 0.3 is 5.69 Å². The van der Waals surface area contributed by atoms with E-state index < -0.39 is 11.9 Å². The zero-order valence-electron chi connectivity index (χ0n) is 13.7. The first kappa shape index (κ1) is 15.1. The Bertz CT molecular complexity index is 1240. The summed E-state index contributed by atoms with van der Waals surface area (Å²) in [4.78, 5) is 17.0. The number of halogens is 2. The number of hydrogen-bond acceptors (Lipinski definition) is 3. The van der Waals surface area contributed by atoms with Gasteiger partial charge in [-0.25, -0.2) is 13.6 Å². The molecule has 7 heteroatoms. The van der Waals surface area contributed by atoms with Crippen molar-refractivity contribution in [3.63, 3.8) is 0 Å². The first-order valence-corrected chi connectivity index (χ1v) is 8.12. The topological polar surface area (TPSA) is 49.0 Å². The van der Waals surface area contributed by atoms with Gasteiger partial charge in [-0.1, -0.05) is 12.1 Å². The van der Waals surface area contributed by atoms with Crippen LogP contribution in [0.15, 0.2) is 47.4 Å². The van der Waals surface area contributed by atoms with Crippen molar-refractivity contribution >= 4 is 21.9 Å². The number of ether oxygens (including phenoxy) is 1. The molecule has 4 aromatic rings. The molecule has 0 saturated heterocycles. The van der Waals surface area contributed by atoms with Crippen molar-refractivity contribution in [1.29, 1.82) is 0 Å². The fourth-order valence-corrected chi connectivity index (χ4v) is 3.60. The Labute approximate surface area is 146 Å². The molecule has 1 aliphatic heterocycles. The van der Waals surface area contributed by atoms with Crippen LogP contribution in [0.1, 0.15) is 11.7 Å². The quantitative estimate of drug-likeness (QED) is 0.528. The van der Waals surface area contributed by atoms with Gasteiger partial charge in [0.25, 0.3) is 0 Å². The molecule has 2 aromatic carbocycles. The van der Waals surface area contributed by atoms with Crippen LogP contribution in [-0.4, -0.2) is 14.1 Å². The third-order valence-corrected chi connectivity index (χ3v) is 4.86. The van der Waals surface area contributed by atoms with E-state index in [1.54, 1.807) is 29.9 Å². The Morgan fingerprint density at radius 2 is 1.92 bits per heavy atom. The number of rotatable bonds is 1. The van der Waals surface area contributed by atoms with E-state index in [2.05, 4.69) is 4.98 Å². The van der Waals surface area contributed by atoms with Crippen LogP contribution < -0.4 is 10.4 Å². The van der Waals surface area contributed by atoms with Gasteiger partial charge in [0.1, 0.15) is 23.5 Å². The molecular formula is C19H13F2N3O2. The first-order chi connectivity index (χ1) is 12.5. The van der Waals surface area contributed by atoms with Gasteiger partial charge in [-0.05, 0) is 17.7 Å². The van der Waals surface area contributed by atoms with Crippen molar-refractivity contribution in [2.45, 2.75) is 12.6 Å². The van der Waals surface area contributed by atoms with Crippen molar-refractivity contribution < 1.29 is 13.5 Å². The molecule has 2 aromatic heterocycles. The van der Waals surface area contributed by atoms with E-state index in [9.17, 15) is 13.6 Å². The summed E-state index contributed by atoms with van der Waals surface area (Å²) in [7, 11) is 1.67. The number of aryl methyl sites for hydroxylation is 1. The maximum absolute atomic E-state index is 14.1. The zero-order valence-corrected chi connectivity index (χ0v) is 13.7. The minimum Gasteiger partial charge on any atom is -0.483 e. The number of nitrogens with zero attached hydrogens (tertiary/aromatic N) is 3. The number of benzene rings is 2. The van der Waals surface area contributed by atoms with Crippen LogP contribution in [0.3, 0.4) is 0 Å². The van der Waals surface area contributed by atoms with Gasteiger partial charge in [0.2, 0.25) is 0 Å². The lowest BCUT2D eigenvalue weighted by atomic mass is 10.1.